The third-order valence-electron chi connectivity index (χ3n) is 5.15. The molecule has 3 rings (SSSR count). The van der Waals surface area contributed by atoms with Crippen LogP contribution in [0.3, 0.4) is 0 Å². The lowest BCUT2D eigenvalue weighted by molar-refractivity contribution is -0.135. The van der Waals surface area contributed by atoms with Crippen LogP contribution in [0.2, 0.25) is 0 Å². The van der Waals surface area contributed by atoms with Gasteiger partial charge in [-0.25, -0.2) is 0 Å². The van der Waals surface area contributed by atoms with Crippen LogP contribution in [-0.2, 0) is 17.8 Å². The molecule has 1 aliphatic rings. The molecule has 27 heavy (non-hydrogen) atoms. The van der Waals surface area contributed by atoms with Crippen molar-refractivity contribution >= 4 is 30.1 Å². The predicted molar refractivity (Wildman–Crippen MR) is 112 cm³/mol. The lowest BCUT2D eigenvalue weighted by Crippen LogP contribution is -2.55. The van der Waals surface area contributed by atoms with Gasteiger partial charge in [-0.1, -0.05) is 30.3 Å². The molecule has 2 heterocycles. The third-order valence-corrected chi connectivity index (χ3v) is 6.46. The molecular weight excluding hydrogens is 382 g/mol. The van der Waals surface area contributed by atoms with E-state index in [-0.39, 0.29) is 29.1 Å². The Morgan fingerprint density at radius 1 is 1.33 bits per heavy atom. The summed E-state index contributed by atoms with van der Waals surface area (Å²) in [4.78, 5) is 14.7. The zero-order valence-corrected chi connectivity index (χ0v) is 17.9. The van der Waals surface area contributed by atoms with Gasteiger partial charge in [0.05, 0.1) is 18.6 Å². The van der Waals surface area contributed by atoms with Crippen LogP contribution in [0, 0.1) is 0 Å². The van der Waals surface area contributed by atoms with Gasteiger partial charge in [-0.05, 0) is 32.6 Å². The summed E-state index contributed by atoms with van der Waals surface area (Å²) in [5.74, 6) is 1.76. The Bertz CT molecular complexity index is 780. The molecule has 1 aromatic carbocycles. The Morgan fingerprint density at radius 2 is 2.00 bits per heavy atom. The van der Waals surface area contributed by atoms with Gasteiger partial charge >= 0.3 is 0 Å². The molecule has 0 bridgehead atoms. The SMILES string of the molecule is CSC(C)(C)[C@H](N)C(=O)N1Cc2nnc(Cc3ccccc3)n2[C@@H](C)C1.Cl. The zero-order chi connectivity index (χ0) is 18.9. The number of benzene rings is 1. The van der Waals surface area contributed by atoms with E-state index in [0.717, 1.165) is 18.1 Å². The molecule has 0 aliphatic carbocycles. The fourth-order valence-corrected chi connectivity index (χ4v) is 3.66. The first kappa shape index (κ1) is 21.7. The Kier molecular flexibility index (Phi) is 6.94. The van der Waals surface area contributed by atoms with E-state index in [1.165, 1.54) is 5.56 Å². The number of amides is 1. The van der Waals surface area contributed by atoms with Crippen LogP contribution >= 0.6 is 24.2 Å². The van der Waals surface area contributed by atoms with Crippen molar-refractivity contribution in [2.45, 2.75) is 50.6 Å². The van der Waals surface area contributed by atoms with Gasteiger partial charge in [-0.15, -0.1) is 22.6 Å². The molecule has 8 heteroatoms. The average Bonchev–Trinajstić information content (AvgIpc) is 3.04. The second kappa shape index (κ2) is 8.63. The minimum absolute atomic E-state index is 0. The number of carbonyl (C=O) groups excluding carboxylic acids is 1. The highest BCUT2D eigenvalue weighted by Crippen LogP contribution is 2.28. The van der Waals surface area contributed by atoms with Crippen LogP contribution in [-0.4, -0.2) is 49.2 Å². The van der Waals surface area contributed by atoms with Crippen molar-refractivity contribution in [2.75, 3.05) is 12.8 Å². The van der Waals surface area contributed by atoms with Crippen molar-refractivity contribution in [1.82, 2.24) is 19.7 Å². The Hall–Kier alpha value is -1.57. The number of thioether (sulfide) groups is 1. The third kappa shape index (κ3) is 4.47. The van der Waals surface area contributed by atoms with E-state index in [1.807, 2.05) is 43.2 Å². The van der Waals surface area contributed by atoms with Crippen molar-refractivity contribution < 1.29 is 4.79 Å². The molecular formula is C19H28ClN5OS. The summed E-state index contributed by atoms with van der Waals surface area (Å²) in [6.45, 7) is 7.21. The summed E-state index contributed by atoms with van der Waals surface area (Å²) in [6.07, 6.45) is 2.73. The number of hydrogen-bond acceptors (Lipinski definition) is 5. The molecule has 148 valence electrons. The van der Waals surface area contributed by atoms with E-state index in [1.54, 1.807) is 11.8 Å². The first-order valence-electron chi connectivity index (χ1n) is 8.89. The number of rotatable bonds is 5. The van der Waals surface area contributed by atoms with Crippen LogP contribution < -0.4 is 5.73 Å². The predicted octanol–water partition coefficient (Wildman–Crippen LogP) is 2.66. The Morgan fingerprint density at radius 3 is 2.63 bits per heavy atom. The van der Waals surface area contributed by atoms with Crippen LogP contribution in [0.5, 0.6) is 0 Å². The van der Waals surface area contributed by atoms with E-state index in [2.05, 4.69) is 33.8 Å². The maximum atomic E-state index is 12.9. The van der Waals surface area contributed by atoms with Gasteiger partial charge in [-0.3, -0.25) is 4.79 Å². The number of carbonyl (C=O) groups is 1. The molecule has 1 aliphatic heterocycles. The highest BCUT2D eigenvalue weighted by molar-refractivity contribution is 8.00. The lowest BCUT2D eigenvalue weighted by atomic mass is 10.0. The number of aromatic nitrogens is 3. The summed E-state index contributed by atoms with van der Waals surface area (Å²) in [5, 5.41) is 8.74. The highest BCUT2D eigenvalue weighted by atomic mass is 35.5. The number of fused-ring (bicyclic) bond motifs is 1. The molecule has 6 nitrogen and oxygen atoms in total. The fourth-order valence-electron chi connectivity index (χ4n) is 3.30. The molecule has 0 saturated carbocycles. The number of nitrogens with two attached hydrogens (primary N) is 1. The first-order chi connectivity index (χ1) is 12.3. The molecule has 0 fully saturated rings. The topological polar surface area (TPSA) is 77.0 Å². The van der Waals surface area contributed by atoms with Crippen LogP contribution in [0.25, 0.3) is 0 Å². The van der Waals surface area contributed by atoms with Gasteiger partial charge in [0, 0.05) is 17.7 Å². The second-order valence-electron chi connectivity index (χ2n) is 7.42. The van der Waals surface area contributed by atoms with Gasteiger partial charge in [0.25, 0.3) is 0 Å². The fraction of sp³-hybridized carbons (Fsp3) is 0.526. The van der Waals surface area contributed by atoms with Gasteiger partial charge < -0.3 is 15.2 Å². The average molecular weight is 410 g/mol. The number of halogens is 1. The quantitative estimate of drug-likeness (QED) is 0.821. The van der Waals surface area contributed by atoms with Crippen LogP contribution in [0.4, 0.5) is 0 Å². The van der Waals surface area contributed by atoms with E-state index < -0.39 is 6.04 Å². The molecule has 2 aromatic rings. The number of nitrogens with zero attached hydrogens (tertiary/aromatic N) is 4. The summed E-state index contributed by atoms with van der Waals surface area (Å²) in [6, 6.07) is 9.84. The Balaban J connectivity index is 0.00000261. The smallest absolute Gasteiger partial charge is 0.241 e. The van der Waals surface area contributed by atoms with E-state index in [4.69, 9.17) is 5.73 Å². The van der Waals surface area contributed by atoms with Gasteiger partial charge in [0.15, 0.2) is 5.82 Å². The number of hydrogen-bond donors (Lipinski definition) is 1. The normalized spacial score (nSPS) is 17.8. The monoisotopic (exact) mass is 409 g/mol. The van der Waals surface area contributed by atoms with Crippen molar-refractivity contribution in [3.05, 3.63) is 47.5 Å². The van der Waals surface area contributed by atoms with Gasteiger partial charge in [0.2, 0.25) is 5.91 Å². The van der Waals surface area contributed by atoms with Gasteiger partial charge in [0.1, 0.15) is 5.82 Å². The molecule has 0 spiro atoms. The maximum Gasteiger partial charge on any atom is 0.241 e. The second-order valence-corrected chi connectivity index (χ2v) is 8.88. The maximum absolute atomic E-state index is 12.9. The molecule has 0 radical (unpaired) electrons. The molecule has 1 aromatic heterocycles. The first-order valence-corrected chi connectivity index (χ1v) is 10.1. The Labute approximate surface area is 171 Å². The highest BCUT2D eigenvalue weighted by Gasteiger charge is 2.37. The largest absolute Gasteiger partial charge is 0.332 e. The summed E-state index contributed by atoms with van der Waals surface area (Å²) in [5.41, 5.74) is 7.46. The lowest BCUT2D eigenvalue weighted by Gasteiger charge is -2.37. The minimum atomic E-state index is -0.539. The molecule has 2 atom stereocenters. The molecule has 0 saturated heterocycles. The van der Waals surface area contributed by atoms with E-state index in [0.29, 0.717) is 13.1 Å². The summed E-state index contributed by atoms with van der Waals surface area (Å²) >= 11 is 1.61. The van der Waals surface area contributed by atoms with Crippen molar-refractivity contribution in [1.29, 1.82) is 0 Å². The molecule has 1 amide bonds. The minimum Gasteiger partial charge on any atom is -0.332 e. The van der Waals surface area contributed by atoms with Crippen LogP contribution in [0.1, 0.15) is 44.0 Å². The molecule has 2 N–H and O–H groups in total. The van der Waals surface area contributed by atoms with Crippen molar-refractivity contribution in [2.24, 2.45) is 5.73 Å². The summed E-state index contributed by atoms with van der Waals surface area (Å²) in [7, 11) is 0. The standard InChI is InChI=1S/C19H27N5OS.ClH/c1-13-11-23(18(25)17(20)19(2,3)26-4)12-16-22-21-15(24(13)16)10-14-8-6-5-7-9-14;/h5-9,13,17H,10-12,20H2,1-4H3;1H/t13-,17+;/m0./s1. The zero-order valence-electron chi connectivity index (χ0n) is 16.3. The van der Waals surface area contributed by atoms with E-state index >= 15 is 0 Å². The van der Waals surface area contributed by atoms with E-state index in [9.17, 15) is 4.79 Å². The molecule has 0 unspecified atom stereocenters. The summed E-state index contributed by atoms with van der Waals surface area (Å²) < 4.78 is 1.87. The van der Waals surface area contributed by atoms with Gasteiger partial charge in [-0.2, -0.15) is 11.8 Å². The van der Waals surface area contributed by atoms with Crippen LogP contribution in [0.15, 0.2) is 30.3 Å². The van der Waals surface area contributed by atoms with Crippen molar-refractivity contribution in [3.63, 3.8) is 0 Å². The van der Waals surface area contributed by atoms with Crippen molar-refractivity contribution in [3.8, 4) is 0 Å².